The number of rotatable bonds is 8. The second-order valence-electron chi connectivity index (χ2n) is 4.23. The van der Waals surface area contributed by atoms with Gasteiger partial charge in [-0.3, -0.25) is 4.72 Å². The molecule has 1 aromatic rings. The maximum atomic E-state index is 12.2. The number of nitrogens with one attached hydrogen (secondary N) is 2. The zero-order chi connectivity index (χ0) is 15.2. The van der Waals surface area contributed by atoms with Crippen LogP contribution in [0.15, 0.2) is 18.2 Å². The summed E-state index contributed by atoms with van der Waals surface area (Å²) in [5, 5.41) is 3.40. The third-order valence-electron chi connectivity index (χ3n) is 2.71. The normalized spacial score (nSPS) is 11.7. The maximum Gasteiger partial charge on any atom is 0.301 e. The molecular weight excluding hydrogens is 302 g/mol. The van der Waals surface area contributed by atoms with E-state index in [1.54, 1.807) is 12.1 Å². The fraction of sp³-hybridized carbons (Fsp3) is 0.500. The summed E-state index contributed by atoms with van der Waals surface area (Å²) >= 11 is 5.87. The Bertz CT molecular complexity index is 537. The molecule has 0 aromatic heterocycles. The smallest absolute Gasteiger partial charge is 0.301 e. The molecule has 1 aromatic carbocycles. The van der Waals surface area contributed by atoms with Crippen LogP contribution in [0.2, 0.25) is 5.02 Å². The Morgan fingerprint density at radius 3 is 2.70 bits per heavy atom. The van der Waals surface area contributed by atoms with Crippen molar-refractivity contribution in [2.75, 3.05) is 39.0 Å². The Kier molecular flexibility index (Phi) is 6.54. The summed E-state index contributed by atoms with van der Waals surface area (Å²) in [4.78, 5) is 0. The van der Waals surface area contributed by atoms with Crippen LogP contribution in [0.3, 0.4) is 0 Å². The van der Waals surface area contributed by atoms with Crippen LogP contribution in [0.1, 0.15) is 6.42 Å². The summed E-state index contributed by atoms with van der Waals surface area (Å²) < 4.78 is 33.2. The molecule has 20 heavy (non-hydrogen) atoms. The second-order valence-corrected chi connectivity index (χ2v) is 6.44. The Morgan fingerprint density at radius 2 is 2.10 bits per heavy atom. The highest BCUT2D eigenvalue weighted by Crippen LogP contribution is 2.28. The molecule has 0 atom stereocenters. The quantitative estimate of drug-likeness (QED) is 0.713. The van der Waals surface area contributed by atoms with Crippen molar-refractivity contribution in [1.82, 2.24) is 9.62 Å². The van der Waals surface area contributed by atoms with Crippen molar-refractivity contribution in [2.24, 2.45) is 0 Å². The van der Waals surface area contributed by atoms with E-state index in [1.165, 1.54) is 24.5 Å². The van der Waals surface area contributed by atoms with Crippen molar-refractivity contribution in [1.29, 1.82) is 0 Å². The van der Waals surface area contributed by atoms with Gasteiger partial charge in [-0.1, -0.05) is 11.6 Å². The fourth-order valence-corrected chi connectivity index (χ4v) is 2.71. The molecule has 0 aliphatic rings. The topological polar surface area (TPSA) is 70.7 Å². The lowest BCUT2D eigenvalue weighted by Gasteiger charge is -2.19. The SMILES string of the molecule is CNCCCN(C)S(=O)(=O)Nc1cc(Cl)ccc1OC. The van der Waals surface area contributed by atoms with E-state index in [2.05, 4.69) is 10.0 Å². The molecule has 114 valence electrons. The van der Waals surface area contributed by atoms with E-state index in [9.17, 15) is 8.42 Å². The number of halogens is 1. The lowest BCUT2D eigenvalue weighted by Crippen LogP contribution is -2.34. The van der Waals surface area contributed by atoms with E-state index in [0.717, 1.165) is 13.0 Å². The van der Waals surface area contributed by atoms with Gasteiger partial charge in [-0.05, 0) is 38.2 Å². The van der Waals surface area contributed by atoms with Gasteiger partial charge < -0.3 is 10.1 Å². The molecule has 8 heteroatoms. The first-order valence-electron chi connectivity index (χ1n) is 6.13. The molecule has 0 heterocycles. The zero-order valence-corrected chi connectivity index (χ0v) is 13.4. The predicted molar refractivity (Wildman–Crippen MR) is 81.7 cm³/mol. The van der Waals surface area contributed by atoms with Gasteiger partial charge in [0.05, 0.1) is 12.8 Å². The van der Waals surface area contributed by atoms with Gasteiger partial charge in [0.2, 0.25) is 0 Å². The van der Waals surface area contributed by atoms with Crippen molar-refractivity contribution < 1.29 is 13.2 Å². The van der Waals surface area contributed by atoms with E-state index in [-0.39, 0.29) is 0 Å². The minimum absolute atomic E-state index is 0.320. The van der Waals surface area contributed by atoms with Crippen LogP contribution in [0, 0.1) is 0 Å². The molecule has 0 aliphatic carbocycles. The Labute approximate surface area is 125 Å². The molecule has 2 N–H and O–H groups in total. The van der Waals surface area contributed by atoms with Gasteiger partial charge in [0.25, 0.3) is 0 Å². The van der Waals surface area contributed by atoms with E-state index in [4.69, 9.17) is 16.3 Å². The van der Waals surface area contributed by atoms with Gasteiger partial charge >= 0.3 is 10.2 Å². The molecule has 1 rings (SSSR count). The summed E-state index contributed by atoms with van der Waals surface area (Å²) in [6.45, 7) is 1.17. The highest BCUT2D eigenvalue weighted by Gasteiger charge is 2.19. The van der Waals surface area contributed by atoms with Crippen LogP contribution in [0.4, 0.5) is 5.69 Å². The van der Waals surface area contributed by atoms with Crippen LogP contribution in [-0.4, -0.2) is 47.0 Å². The zero-order valence-electron chi connectivity index (χ0n) is 11.8. The number of hydrogen-bond donors (Lipinski definition) is 2. The van der Waals surface area contributed by atoms with Gasteiger partial charge in [0.1, 0.15) is 5.75 Å². The number of nitrogens with zero attached hydrogens (tertiary/aromatic N) is 1. The molecule has 0 saturated heterocycles. The molecule has 0 bridgehead atoms. The standard InChI is InChI=1S/C12H20ClN3O3S/c1-14-7-4-8-16(2)20(17,18)15-11-9-10(13)5-6-12(11)19-3/h5-6,9,14-15H,4,7-8H2,1-3H3. The summed E-state index contributed by atoms with van der Waals surface area (Å²) in [6.07, 6.45) is 0.723. The highest BCUT2D eigenvalue weighted by atomic mass is 35.5. The third-order valence-corrected chi connectivity index (χ3v) is 4.43. The number of methoxy groups -OCH3 is 1. The van der Waals surface area contributed by atoms with Gasteiger partial charge in [0, 0.05) is 18.6 Å². The summed E-state index contributed by atoms with van der Waals surface area (Å²) in [7, 11) is 1.19. The molecule has 0 amide bonds. The Hall–Kier alpha value is -1.02. The van der Waals surface area contributed by atoms with Crippen molar-refractivity contribution in [2.45, 2.75) is 6.42 Å². The molecule has 0 aliphatic heterocycles. The van der Waals surface area contributed by atoms with Crippen molar-refractivity contribution in [3.8, 4) is 5.75 Å². The molecule has 6 nitrogen and oxygen atoms in total. The largest absolute Gasteiger partial charge is 0.495 e. The number of benzene rings is 1. The first-order valence-corrected chi connectivity index (χ1v) is 7.94. The maximum absolute atomic E-state index is 12.2. The first-order chi connectivity index (χ1) is 9.40. The van der Waals surface area contributed by atoms with Crippen LogP contribution >= 0.6 is 11.6 Å². The summed E-state index contributed by atoms with van der Waals surface area (Å²) in [6, 6.07) is 4.76. The second kappa shape index (κ2) is 7.68. The lowest BCUT2D eigenvalue weighted by atomic mass is 10.3. The van der Waals surface area contributed by atoms with Gasteiger partial charge in [-0.15, -0.1) is 0 Å². The first kappa shape index (κ1) is 17.0. The van der Waals surface area contributed by atoms with E-state index < -0.39 is 10.2 Å². The van der Waals surface area contributed by atoms with Crippen LogP contribution in [0.25, 0.3) is 0 Å². The average Bonchev–Trinajstić information content (AvgIpc) is 2.38. The van der Waals surface area contributed by atoms with Gasteiger partial charge in [-0.2, -0.15) is 12.7 Å². The third kappa shape index (κ3) is 4.82. The van der Waals surface area contributed by atoms with Crippen LogP contribution in [0.5, 0.6) is 5.75 Å². The van der Waals surface area contributed by atoms with Gasteiger partial charge in [-0.25, -0.2) is 0 Å². The minimum atomic E-state index is -3.63. The number of anilines is 1. The van der Waals surface area contributed by atoms with Gasteiger partial charge in [0.15, 0.2) is 0 Å². The molecule has 0 spiro atoms. The fourth-order valence-electron chi connectivity index (χ4n) is 1.58. The van der Waals surface area contributed by atoms with Crippen molar-refractivity contribution >= 4 is 27.5 Å². The monoisotopic (exact) mass is 321 g/mol. The summed E-state index contributed by atoms with van der Waals surface area (Å²) in [5.41, 5.74) is 0.320. The number of hydrogen-bond acceptors (Lipinski definition) is 4. The number of ether oxygens (including phenoxy) is 1. The van der Waals surface area contributed by atoms with E-state index >= 15 is 0 Å². The van der Waals surface area contributed by atoms with Crippen molar-refractivity contribution in [3.05, 3.63) is 23.2 Å². The molecule has 0 unspecified atom stereocenters. The Morgan fingerprint density at radius 1 is 1.40 bits per heavy atom. The van der Waals surface area contributed by atoms with Crippen LogP contribution < -0.4 is 14.8 Å². The molecule has 0 radical (unpaired) electrons. The minimum Gasteiger partial charge on any atom is -0.495 e. The lowest BCUT2D eigenvalue weighted by molar-refractivity contribution is 0.416. The molecular formula is C12H20ClN3O3S. The predicted octanol–water partition coefficient (Wildman–Crippen LogP) is 1.55. The average molecular weight is 322 g/mol. The highest BCUT2D eigenvalue weighted by molar-refractivity contribution is 7.90. The van der Waals surface area contributed by atoms with E-state index in [0.29, 0.717) is 23.0 Å². The van der Waals surface area contributed by atoms with Crippen LogP contribution in [-0.2, 0) is 10.2 Å². The molecule has 0 saturated carbocycles. The Balaban J connectivity index is 2.82. The van der Waals surface area contributed by atoms with Crippen molar-refractivity contribution in [3.63, 3.8) is 0 Å². The molecule has 0 fully saturated rings. The summed E-state index contributed by atoms with van der Waals surface area (Å²) in [5.74, 6) is 0.418. The van der Waals surface area contributed by atoms with E-state index in [1.807, 2.05) is 7.05 Å².